The number of pyridine rings is 1. The third-order valence-electron chi connectivity index (χ3n) is 4.67. The van der Waals surface area contributed by atoms with E-state index in [2.05, 4.69) is 15.1 Å². The minimum Gasteiger partial charge on any atom is -0.368 e. The molecule has 0 atom stereocenters. The van der Waals surface area contributed by atoms with E-state index in [9.17, 15) is 17.6 Å². The Labute approximate surface area is 152 Å². The minimum absolute atomic E-state index is 0.163. The van der Waals surface area contributed by atoms with Crippen molar-refractivity contribution >= 4 is 11.3 Å². The highest BCUT2D eigenvalue weighted by Crippen LogP contribution is 2.29. The number of aromatic nitrogens is 3. The highest BCUT2D eigenvalue weighted by atomic mass is 19.4. The van der Waals surface area contributed by atoms with Gasteiger partial charge in [0.1, 0.15) is 5.82 Å². The Morgan fingerprint density at radius 1 is 0.963 bits per heavy atom. The van der Waals surface area contributed by atoms with Gasteiger partial charge >= 0.3 is 6.18 Å². The van der Waals surface area contributed by atoms with Crippen molar-refractivity contribution in [3.8, 4) is 0 Å². The predicted molar refractivity (Wildman–Crippen MR) is 91.9 cm³/mol. The Balaban J connectivity index is 1.46. The molecule has 27 heavy (non-hydrogen) atoms. The zero-order chi connectivity index (χ0) is 19.0. The second-order valence-corrected chi connectivity index (χ2v) is 6.53. The van der Waals surface area contributed by atoms with Crippen LogP contribution in [0.25, 0.3) is 5.65 Å². The van der Waals surface area contributed by atoms with Gasteiger partial charge in [0.25, 0.3) is 0 Å². The zero-order valence-electron chi connectivity index (χ0n) is 14.3. The van der Waals surface area contributed by atoms with Crippen LogP contribution in [0.4, 0.5) is 23.2 Å². The fourth-order valence-corrected chi connectivity index (χ4v) is 3.32. The maximum atomic E-state index is 13.3. The smallest absolute Gasteiger partial charge is 0.368 e. The molecule has 1 aromatic carbocycles. The molecule has 0 unspecified atom stereocenters. The minimum atomic E-state index is -4.55. The number of fused-ring (bicyclic) bond motifs is 1. The van der Waals surface area contributed by atoms with Gasteiger partial charge in [0, 0.05) is 38.9 Å². The van der Waals surface area contributed by atoms with Crippen LogP contribution in [-0.4, -0.2) is 45.7 Å². The van der Waals surface area contributed by atoms with Gasteiger partial charge in [-0.25, -0.2) is 4.39 Å². The molecule has 2 aromatic heterocycles. The summed E-state index contributed by atoms with van der Waals surface area (Å²) >= 11 is 0. The highest BCUT2D eigenvalue weighted by molar-refractivity contribution is 5.52. The number of rotatable bonds is 3. The molecule has 0 saturated carbocycles. The Morgan fingerprint density at radius 2 is 1.74 bits per heavy atom. The summed E-state index contributed by atoms with van der Waals surface area (Å²) < 4.78 is 53.4. The van der Waals surface area contributed by atoms with Crippen molar-refractivity contribution in [2.24, 2.45) is 0 Å². The molecule has 0 N–H and O–H groups in total. The molecule has 9 heteroatoms. The molecular weight excluding hydrogens is 362 g/mol. The maximum Gasteiger partial charge on any atom is 0.452 e. The van der Waals surface area contributed by atoms with Crippen LogP contribution in [-0.2, 0) is 12.7 Å². The van der Waals surface area contributed by atoms with Gasteiger partial charge in [-0.2, -0.15) is 13.2 Å². The van der Waals surface area contributed by atoms with Crippen molar-refractivity contribution in [2.45, 2.75) is 12.7 Å². The van der Waals surface area contributed by atoms with Crippen molar-refractivity contribution < 1.29 is 17.6 Å². The van der Waals surface area contributed by atoms with E-state index in [4.69, 9.17) is 0 Å². The molecular formula is C18H17F4N5. The maximum absolute atomic E-state index is 13.3. The summed E-state index contributed by atoms with van der Waals surface area (Å²) in [6.07, 6.45) is -3.12. The molecule has 1 aliphatic rings. The van der Waals surface area contributed by atoms with E-state index in [1.54, 1.807) is 12.1 Å². The average molecular weight is 379 g/mol. The molecule has 4 rings (SSSR count). The van der Waals surface area contributed by atoms with Crippen LogP contribution < -0.4 is 4.90 Å². The molecule has 3 heterocycles. The van der Waals surface area contributed by atoms with Gasteiger partial charge in [-0.05, 0) is 29.8 Å². The second-order valence-electron chi connectivity index (χ2n) is 6.53. The van der Waals surface area contributed by atoms with E-state index in [1.807, 2.05) is 11.0 Å². The number of nitrogens with zero attached hydrogens (tertiary/aromatic N) is 5. The Hall–Kier alpha value is -2.68. The van der Waals surface area contributed by atoms with Gasteiger partial charge < -0.3 is 4.90 Å². The van der Waals surface area contributed by atoms with Gasteiger partial charge in [0.2, 0.25) is 5.82 Å². The van der Waals surface area contributed by atoms with Crippen molar-refractivity contribution in [3.63, 3.8) is 0 Å². The number of benzene rings is 1. The zero-order valence-corrected chi connectivity index (χ0v) is 14.3. The third kappa shape index (κ3) is 3.73. The standard InChI is InChI=1S/C18H17F4N5/c19-14-3-1-2-13(10-14)11-25-6-8-26(9-7-25)15-4-5-16-23-24-17(18(20,21)22)27(16)12-15/h1-5,10,12H,6-9,11H2. The number of piperazine rings is 1. The number of halogens is 4. The fraction of sp³-hybridized carbons (Fsp3) is 0.333. The van der Waals surface area contributed by atoms with Gasteiger partial charge in [0.15, 0.2) is 5.65 Å². The molecule has 5 nitrogen and oxygen atoms in total. The summed E-state index contributed by atoms with van der Waals surface area (Å²) in [7, 11) is 0. The number of alkyl halides is 3. The fourth-order valence-electron chi connectivity index (χ4n) is 3.32. The first kappa shape index (κ1) is 17.7. The van der Waals surface area contributed by atoms with Crippen LogP contribution in [0.15, 0.2) is 42.6 Å². The summed E-state index contributed by atoms with van der Waals surface area (Å²) in [5.41, 5.74) is 1.76. The summed E-state index contributed by atoms with van der Waals surface area (Å²) in [6, 6.07) is 9.80. The van der Waals surface area contributed by atoms with E-state index in [0.29, 0.717) is 25.3 Å². The summed E-state index contributed by atoms with van der Waals surface area (Å²) in [4.78, 5) is 4.23. The molecule has 0 spiro atoms. The Bertz CT molecular complexity index is 944. The molecule has 0 aliphatic carbocycles. The largest absolute Gasteiger partial charge is 0.452 e. The summed E-state index contributed by atoms with van der Waals surface area (Å²) in [5, 5.41) is 6.82. The first-order valence-corrected chi connectivity index (χ1v) is 8.54. The monoisotopic (exact) mass is 379 g/mol. The molecule has 0 radical (unpaired) electrons. The normalized spacial score (nSPS) is 16.2. The third-order valence-corrected chi connectivity index (χ3v) is 4.67. The average Bonchev–Trinajstić information content (AvgIpc) is 3.06. The van der Waals surface area contributed by atoms with E-state index in [0.717, 1.165) is 23.1 Å². The molecule has 0 amide bonds. The van der Waals surface area contributed by atoms with Crippen LogP contribution in [0.1, 0.15) is 11.4 Å². The lowest BCUT2D eigenvalue weighted by Crippen LogP contribution is -2.46. The lowest BCUT2D eigenvalue weighted by atomic mass is 10.2. The topological polar surface area (TPSA) is 36.7 Å². The van der Waals surface area contributed by atoms with E-state index >= 15 is 0 Å². The first-order chi connectivity index (χ1) is 12.9. The predicted octanol–water partition coefficient (Wildman–Crippen LogP) is 3.21. The van der Waals surface area contributed by atoms with Gasteiger partial charge in [-0.15, -0.1) is 10.2 Å². The van der Waals surface area contributed by atoms with Crippen molar-refractivity contribution in [1.29, 1.82) is 0 Å². The van der Waals surface area contributed by atoms with Crippen LogP contribution in [0.2, 0.25) is 0 Å². The van der Waals surface area contributed by atoms with Crippen molar-refractivity contribution in [2.75, 3.05) is 31.1 Å². The summed E-state index contributed by atoms with van der Waals surface area (Å²) in [5.74, 6) is -1.28. The van der Waals surface area contributed by atoms with Crippen LogP contribution in [0.3, 0.4) is 0 Å². The SMILES string of the molecule is Fc1cccc(CN2CCN(c3ccc4nnc(C(F)(F)F)n4c3)CC2)c1. The molecule has 3 aromatic rings. The second kappa shape index (κ2) is 6.80. The lowest BCUT2D eigenvalue weighted by molar-refractivity contribution is -0.145. The number of anilines is 1. The van der Waals surface area contributed by atoms with Gasteiger partial charge in [-0.3, -0.25) is 9.30 Å². The van der Waals surface area contributed by atoms with Gasteiger partial charge in [-0.1, -0.05) is 12.1 Å². The van der Waals surface area contributed by atoms with E-state index < -0.39 is 12.0 Å². The van der Waals surface area contributed by atoms with Crippen molar-refractivity contribution in [3.05, 3.63) is 59.8 Å². The van der Waals surface area contributed by atoms with Crippen LogP contribution in [0, 0.1) is 5.82 Å². The molecule has 1 aliphatic heterocycles. The first-order valence-electron chi connectivity index (χ1n) is 8.54. The Kier molecular flexibility index (Phi) is 4.47. The number of hydrogen-bond donors (Lipinski definition) is 0. The lowest BCUT2D eigenvalue weighted by Gasteiger charge is -2.36. The van der Waals surface area contributed by atoms with E-state index in [-0.39, 0.29) is 11.5 Å². The molecule has 0 bridgehead atoms. The summed E-state index contributed by atoms with van der Waals surface area (Å²) in [6.45, 7) is 3.47. The van der Waals surface area contributed by atoms with Crippen molar-refractivity contribution in [1.82, 2.24) is 19.5 Å². The van der Waals surface area contributed by atoms with Crippen LogP contribution in [0.5, 0.6) is 0 Å². The molecule has 1 saturated heterocycles. The highest BCUT2D eigenvalue weighted by Gasteiger charge is 2.37. The van der Waals surface area contributed by atoms with Gasteiger partial charge in [0.05, 0.1) is 5.69 Å². The quantitative estimate of drug-likeness (QED) is 0.655. The molecule has 142 valence electrons. The van der Waals surface area contributed by atoms with Crippen LogP contribution >= 0.6 is 0 Å². The van der Waals surface area contributed by atoms with E-state index in [1.165, 1.54) is 24.4 Å². The Morgan fingerprint density at radius 3 is 2.44 bits per heavy atom. The number of hydrogen-bond acceptors (Lipinski definition) is 4. The molecule has 1 fully saturated rings.